The lowest BCUT2D eigenvalue weighted by Crippen LogP contribution is -2.34. The predicted octanol–water partition coefficient (Wildman–Crippen LogP) is 3.50. The van der Waals surface area contributed by atoms with Crippen LogP contribution in [0.5, 0.6) is 0 Å². The lowest BCUT2D eigenvalue weighted by molar-refractivity contribution is -0.131. The van der Waals surface area contributed by atoms with Crippen LogP contribution in [0.4, 0.5) is 5.69 Å². The van der Waals surface area contributed by atoms with Gasteiger partial charge in [-0.25, -0.2) is 0 Å². The Balaban J connectivity index is 0.00000338. The van der Waals surface area contributed by atoms with Crippen molar-refractivity contribution in [3.63, 3.8) is 0 Å². The summed E-state index contributed by atoms with van der Waals surface area (Å²) in [7, 11) is 0. The highest BCUT2D eigenvalue weighted by Crippen LogP contribution is 2.16. The van der Waals surface area contributed by atoms with Crippen LogP contribution in [0.25, 0.3) is 0 Å². The van der Waals surface area contributed by atoms with Gasteiger partial charge in [-0.2, -0.15) is 0 Å². The number of hydrogen-bond acceptors (Lipinski definition) is 3. The minimum absolute atomic E-state index is 0. The first-order chi connectivity index (χ1) is 11.9. The maximum absolute atomic E-state index is 12.3. The number of hydrogen-bond donors (Lipinski definition) is 2. The molecular weight excluding hydrogens is 350 g/mol. The van der Waals surface area contributed by atoms with Crippen LogP contribution in [-0.4, -0.2) is 22.8 Å². The molecule has 0 bridgehead atoms. The molecule has 3 N–H and O–H groups in total. The van der Waals surface area contributed by atoms with E-state index < -0.39 is 6.04 Å². The van der Waals surface area contributed by atoms with Crippen molar-refractivity contribution in [1.29, 1.82) is 0 Å². The molecule has 140 valence electrons. The lowest BCUT2D eigenvalue weighted by Gasteiger charge is -2.25. The van der Waals surface area contributed by atoms with E-state index in [2.05, 4.69) is 5.32 Å². The molecule has 2 aromatic carbocycles. The minimum atomic E-state index is -0.713. The van der Waals surface area contributed by atoms with Gasteiger partial charge in [0.25, 0.3) is 0 Å². The number of amides is 2. The third-order valence-electron chi connectivity index (χ3n) is 4.04. The van der Waals surface area contributed by atoms with Gasteiger partial charge in [-0.3, -0.25) is 9.59 Å². The van der Waals surface area contributed by atoms with Crippen LogP contribution < -0.4 is 11.1 Å². The van der Waals surface area contributed by atoms with Crippen molar-refractivity contribution in [2.75, 3.05) is 5.32 Å². The molecule has 0 aromatic heterocycles. The minimum Gasteiger partial charge on any atom is -0.336 e. The molecule has 2 aromatic rings. The molecule has 2 rings (SSSR count). The Labute approximate surface area is 161 Å². The van der Waals surface area contributed by atoms with E-state index in [-0.39, 0.29) is 30.3 Å². The molecule has 0 fully saturated rings. The first kappa shape index (κ1) is 21.7. The molecule has 0 aliphatic heterocycles. The summed E-state index contributed by atoms with van der Waals surface area (Å²) < 4.78 is 0. The van der Waals surface area contributed by atoms with Crippen LogP contribution in [0.15, 0.2) is 54.6 Å². The van der Waals surface area contributed by atoms with E-state index in [4.69, 9.17) is 5.73 Å². The van der Waals surface area contributed by atoms with Crippen LogP contribution in [0.1, 0.15) is 37.9 Å². The Kier molecular flexibility index (Phi) is 8.29. The summed E-state index contributed by atoms with van der Waals surface area (Å²) in [5.74, 6) is -0.215. The monoisotopic (exact) mass is 375 g/mol. The van der Waals surface area contributed by atoms with Crippen LogP contribution >= 0.6 is 12.4 Å². The number of anilines is 1. The Bertz CT molecular complexity index is 718. The van der Waals surface area contributed by atoms with Gasteiger partial charge in [0.15, 0.2) is 0 Å². The molecule has 2 amide bonds. The summed E-state index contributed by atoms with van der Waals surface area (Å²) in [6.45, 7) is 6.09. The van der Waals surface area contributed by atoms with Crippen LogP contribution in [0.2, 0.25) is 0 Å². The number of rotatable bonds is 6. The van der Waals surface area contributed by atoms with Gasteiger partial charge in [0.2, 0.25) is 11.8 Å². The number of nitrogens with two attached hydrogens (primary N) is 1. The number of benzene rings is 2. The third kappa shape index (κ3) is 5.86. The number of carbonyl (C=O) groups is 2. The Hall–Kier alpha value is -2.37. The lowest BCUT2D eigenvalue weighted by atomic mass is 10.1. The average Bonchev–Trinajstić information content (AvgIpc) is 2.60. The smallest absolute Gasteiger partial charge is 0.245 e. The van der Waals surface area contributed by atoms with Crippen LogP contribution in [0.3, 0.4) is 0 Å². The van der Waals surface area contributed by atoms with Crippen LogP contribution in [0, 0.1) is 0 Å². The average molecular weight is 376 g/mol. The summed E-state index contributed by atoms with van der Waals surface area (Å²) in [5, 5.41) is 2.82. The number of carbonyl (C=O) groups excluding carboxylic acids is 2. The molecule has 0 saturated carbocycles. The fourth-order valence-corrected chi connectivity index (χ4v) is 2.58. The van der Waals surface area contributed by atoms with Gasteiger partial charge in [-0.1, -0.05) is 42.5 Å². The molecule has 6 heteroatoms. The highest BCUT2D eigenvalue weighted by atomic mass is 35.5. The molecule has 26 heavy (non-hydrogen) atoms. The number of nitrogens with one attached hydrogen (secondary N) is 1. The second-order valence-corrected chi connectivity index (χ2v) is 6.32. The molecule has 5 nitrogen and oxygen atoms in total. The first-order valence-electron chi connectivity index (χ1n) is 8.36. The predicted molar refractivity (Wildman–Crippen MR) is 107 cm³/mol. The van der Waals surface area contributed by atoms with E-state index in [1.54, 1.807) is 11.8 Å². The molecule has 1 atom stereocenters. The normalized spacial score (nSPS) is 11.4. The van der Waals surface area contributed by atoms with Crippen molar-refractivity contribution in [3.8, 4) is 0 Å². The van der Waals surface area contributed by atoms with Gasteiger partial charge < -0.3 is 16.0 Å². The Morgan fingerprint density at radius 2 is 1.62 bits per heavy atom. The molecule has 0 spiro atoms. The molecule has 0 aliphatic rings. The van der Waals surface area contributed by atoms with E-state index in [9.17, 15) is 9.59 Å². The van der Waals surface area contributed by atoms with Gasteiger partial charge in [0.1, 0.15) is 6.04 Å². The van der Waals surface area contributed by atoms with Crippen molar-refractivity contribution in [3.05, 3.63) is 65.7 Å². The van der Waals surface area contributed by atoms with Crippen molar-refractivity contribution >= 4 is 29.9 Å². The van der Waals surface area contributed by atoms with Gasteiger partial charge in [-0.05, 0) is 37.1 Å². The fraction of sp³-hybridized carbons (Fsp3) is 0.300. The van der Waals surface area contributed by atoms with E-state index in [1.807, 2.05) is 68.4 Å². The zero-order chi connectivity index (χ0) is 18.4. The topological polar surface area (TPSA) is 75.4 Å². The quantitative estimate of drug-likeness (QED) is 0.811. The van der Waals surface area contributed by atoms with Crippen molar-refractivity contribution in [1.82, 2.24) is 4.90 Å². The summed E-state index contributed by atoms with van der Waals surface area (Å²) in [6, 6.07) is 16.1. The van der Waals surface area contributed by atoms with Gasteiger partial charge in [-0.15, -0.1) is 12.4 Å². The third-order valence-corrected chi connectivity index (χ3v) is 4.04. The molecule has 1 unspecified atom stereocenters. The van der Waals surface area contributed by atoms with Gasteiger partial charge in [0.05, 0.1) is 0 Å². The van der Waals surface area contributed by atoms with Gasteiger partial charge in [0, 0.05) is 25.2 Å². The molecule has 0 radical (unpaired) electrons. The maximum Gasteiger partial charge on any atom is 0.245 e. The summed E-state index contributed by atoms with van der Waals surface area (Å²) >= 11 is 0. The molecule has 0 saturated heterocycles. The van der Waals surface area contributed by atoms with Crippen molar-refractivity contribution in [2.24, 2.45) is 5.73 Å². The first-order valence-corrected chi connectivity index (χ1v) is 8.36. The fourth-order valence-electron chi connectivity index (χ4n) is 2.58. The molecule has 0 heterocycles. The van der Waals surface area contributed by atoms with Crippen LogP contribution in [-0.2, 0) is 16.1 Å². The second-order valence-electron chi connectivity index (χ2n) is 6.32. The Morgan fingerprint density at radius 1 is 1.04 bits per heavy atom. The van der Waals surface area contributed by atoms with E-state index in [0.717, 1.165) is 11.1 Å². The molecule has 0 aliphatic carbocycles. The second kappa shape index (κ2) is 9.94. The van der Waals surface area contributed by atoms with Gasteiger partial charge >= 0.3 is 0 Å². The highest BCUT2D eigenvalue weighted by molar-refractivity contribution is 5.95. The summed E-state index contributed by atoms with van der Waals surface area (Å²) in [6.07, 6.45) is 0. The standard InChI is InChI=1S/C20H25N3O2.ClH/c1-14(2)23(15(3)24)13-16-9-11-18(12-10-16)22-20(25)19(21)17-7-5-4-6-8-17;/h4-12,14,19H,13,21H2,1-3H3,(H,22,25);1H. The van der Waals surface area contributed by atoms with Crippen molar-refractivity contribution in [2.45, 2.75) is 39.4 Å². The zero-order valence-electron chi connectivity index (χ0n) is 15.3. The van der Waals surface area contributed by atoms with E-state index in [1.165, 1.54) is 0 Å². The molecular formula is C20H26ClN3O2. The zero-order valence-corrected chi connectivity index (χ0v) is 16.1. The summed E-state index contributed by atoms with van der Waals surface area (Å²) in [5.41, 5.74) is 8.45. The number of halogens is 1. The highest BCUT2D eigenvalue weighted by Gasteiger charge is 2.16. The SMILES string of the molecule is CC(=O)N(Cc1ccc(NC(=O)C(N)c2ccccc2)cc1)C(C)C.Cl. The summed E-state index contributed by atoms with van der Waals surface area (Å²) in [4.78, 5) is 25.7. The Morgan fingerprint density at radius 3 is 2.12 bits per heavy atom. The number of nitrogens with zero attached hydrogens (tertiary/aromatic N) is 1. The van der Waals surface area contributed by atoms with Crippen molar-refractivity contribution < 1.29 is 9.59 Å². The maximum atomic E-state index is 12.3. The van der Waals surface area contributed by atoms with E-state index in [0.29, 0.717) is 12.2 Å². The largest absolute Gasteiger partial charge is 0.336 e. The van der Waals surface area contributed by atoms with E-state index >= 15 is 0 Å².